The molecule has 156 valence electrons. The first kappa shape index (κ1) is 20.0. The normalized spacial score (nSPS) is 20.9. The molecule has 0 saturated carbocycles. The molecule has 0 N–H and O–H groups in total. The van der Waals surface area contributed by atoms with E-state index >= 15 is 0 Å². The second kappa shape index (κ2) is 7.87. The molecule has 1 amide bonds. The molecule has 0 aliphatic carbocycles. The molecule has 2 aliphatic heterocycles. The van der Waals surface area contributed by atoms with Gasteiger partial charge in [-0.1, -0.05) is 23.7 Å². The van der Waals surface area contributed by atoms with Crippen LogP contribution in [0.15, 0.2) is 27.6 Å². The molecule has 3 heterocycles. The topological polar surface area (TPSA) is 96.6 Å². The Morgan fingerprint density at radius 2 is 1.86 bits per heavy atom. The zero-order valence-electron chi connectivity index (χ0n) is 16.8. The first-order chi connectivity index (χ1) is 13.9. The van der Waals surface area contributed by atoms with Gasteiger partial charge in [-0.05, 0) is 51.2 Å². The van der Waals surface area contributed by atoms with Crippen LogP contribution in [-0.2, 0) is 10.0 Å². The predicted molar refractivity (Wildman–Crippen MR) is 107 cm³/mol. The number of carbonyl (C=O) groups is 1. The lowest BCUT2D eigenvalue weighted by atomic mass is 10.1. The van der Waals surface area contributed by atoms with Gasteiger partial charge in [0.2, 0.25) is 15.8 Å². The van der Waals surface area contributed by atoms with Crippen molar-refractivity contribution in [3.05, 3.63) is 29.7 Å². The Balaban J connectivity index is 1.64. The smallest absolute Gasteiger partial charge is 0.316 e. The number of carbonyl (C=O) groups excluding carboxylic acids is 1. The number of rotatable bonds is 4. The minimum Gasteiger partial charge on any atom is -0.334 e. The minimum absolute atomic E-state index is 0.0216. The van der Waals surface area contributed by atoms with Gasteiger partial charge in [0.25, 0.3) is 0 Å². The summed E-state index contributed by atoms with van der Waals surface area (Å²) in [4.78, 5) is 18.6. The Kier molecular flexibility index (Phi) is 5.44. The zero-order valence-corrected chi connectivity index (χ0v) is 17.6. The van der Waals surface area contributed by atoms with E-state index in [9.17, 15) is 13.2 Å². The lowest BCUT2D eigenvalue weighted by molar-refractivity contribution is 0.0743. The molecular weight excluding hydrogens is 392 g/mol. The molecule has 4 rings (SSSR count). The molecule has 1 atom stereocenters. The Labute approximate surface area is 170 Å². The fraction of sp³-hybridized carbons (Fsp3) is 0.550. The van der Waals surface area contributed by atoms with Crippen molar-refractivity contribution in [3.8, 4) is 11.4 Å². The molecule has 29 heavy (non-hydrogen) atoms. The van der Waals surface area contributed by atoms with E-state index in [0.29, 0.717) is 30.8 Å². The Morgan fingerprint density at radius 1 is 1.14 bits per heavy atom. The molecule has 1 aromatic carbocycles. The predicted octanol–water partition coefficient (Wildman–Crippen LogP) is 2.84. The molecule has 2 aromatic rings. The third-order valence-corrected chi connectivity index (χ3v) is 7.93. The number of aryl methyl sites for hydroxylation is 1. The van der Waals surface area contributed by atoms with Crippen molar-refractivity contribution >= 4 is 15.9 Å². The third kappa shape index (κ3) is 3.81. The van der Waals surface area contributed by atoms with E-state index in [1.807, 2.05) is 6.92 Å². The third-order valence-electron chi connectivity index (χ3n) is 5.78. The summed E-state index contributed by atoms with van der Waals surface area (Å²) in [5.74, 6) is -0.115. The number of piperidine rings is 1. The number of nitrogens with zero attached hydrogens (tertiary/aromatic N) is 4. The molecule has 2 fully saturated rings. The summed E-state index contributed by atoms with van der Waals surface area (Å²) in [6.45, 7) is 5.65. The number of likely N-dealkylation sites (tertiary alicyclic amines) is 1. The van der Waals surface area contributed by atoms with E-state index in [1.165, 1.54) is 0 Å². The van der Waals surface area contributed by atoms with Gasteiger partial charge in [0.1, 0.15) is 0 Å². The van der Waals surface area contributed by atoms with Crippen LogP contribution in [0.1, 0.15) is 55.3 Å². The molecule has 2 saturated heterocycles. The maximum absolute atomic E-state index is 13.3. The fourth-order valence-electron chi connectivity index (χ4n) is 4.06. The van der Waals surface area contributed by atoms with Gasteiger partial charge in [0.05, 0.1) is 4.90 Å². The standard InChI is InChI=1S/C20H26N4O4S/c1-14-8-9-16(13-17(14)29(26,27)24-12-4-3-7-15(24)2)18-21-19(28-22-18)20(25)23-10-5-6-11-23/h8-9,13,15H,3-7,10-12H2,1-2H3/t15-/m0/s1. The van der Waals surface area contributed by atoms with Crippen LogP contribution in [-0.4, -0.2) is 59.3 Å². The summed E-state index contributed by atoms with van der Waals surface area (Å²) in [6.07, 6.45) is 4.73. The highest BCUT2D eigenvalue weighted by atomic mass is 32.2. The Morgan fingerprint density at radius 3 is 2.59 bits per heavy atom. The van der Waals surface area contributed by atoms with Gasteiger partial charge in [-0.2, -0.15) is 9.29 Å². The molecule has 0 spiro atoms. The van der Waals surface area contributed by atoms with Gasteiger partial charge in [-0.3, -0.25) is 4.79 Å². The number of amides is 1. The molecule has 8 nitrogen and oxygen atoms in total. The Bertz CT molecular complexity index is 1010. The first-order valence-corrected chi connectivity index (χ1v) is 11.6. The number of hydrogen-bond acceptors (Lipinski definition) is 6. The fourth-order valence-corrected chi connectivity index (χ4v) is 6.01. The van der Waals surface area contributed by atoms with Crippen molar-refractivity contribution in [2.24, 2.45) is 0 Å². The molecule has 0 radical (unpaired) electrons. The molecule has 0 bridgehead atoms. The summed E-state index contributed by atoms with van der Waals surface area (Å²) in [7, 11) is -3.62. The summed E-state index contributed by atoms with van der Waals surface area (Å²) in [5.41, 5.74) is 1.19. The van der Waals surface area contributed by atoms with Crippen molar-refractivity contribution in [1.29, 1.82) is 0 Å². The van der Waals surface area contributed by atoms with Gasteiger partial charge >= 0.3 is 11.8 Å². The molecule has 0 unspecified atom stereocenters. The van der Waals surface area contributed by atoms with E-state index < -0.39 is 10.0 Å². The maximum Gasteiger partial charge on any atom is 0.316 e. The number of benzene rings is 1. The summed E-state index contributed by atoms with van der Waals surface area (Å²) in [6, 6.07) is 5.06. The summed E-state index contributed by atoms with van der Waals surface area (Å²) < 4.78 is 33.3. The number of sulfonamides is 1. The average Bonchev–Trinajstić information content (AvgIpc) is 3.40. The highest BCUT2D eigenvalue weighted by Gasteiger charge is 2.32. The van der Waals surface area contributed by atoms with Crippen molar-refractivity contribution < 1.29 is 17.7 Å². The Hall–Kier alpha value is -2.26. The van der Waals surface area contributed by atoms with Crippen LogP contribution in [0.4, 0.5) is 0 Å². The van der Waals surface area contributed by atoms with Crippen LogP contribution in [0, 0.1) is 6.92 Å². The second-order valence-electron chi connectivity index (χ2n) is 7.86. The quantitative estimate of drug-likeness (QED) is 0.757. The van der Waals surface area contributed by atoms with Crippen molar-refractivity contribution in [2.75, 3.05) is 19.6 Å². The second-order valence-corrected chi connectivity index (χ2v) is 9.72. The van der Waals surface area contributed by atoms with Crippen LogP contribution < -0.4 is 0 Å². The highest BCUT2D eigenvalue weighted by Crippen LogP contribution is 2.30. The monoisotopic (exact) mass is 418 g/mol. The van der Waals surface area contributed by atoms with E-state index in [2.05, 4.69) is 10.1 Å². The average molecular weight is 419 g/mol. The van der Waals surface area contributed by atoms with Gasteiger partial charge in [-0.15, -0.1) is 0 Å². The van der Waals surface area contributed by atoms with E-state index in [0.717, 1.165) is 32.1 Å². The van der Waals surface area contributed by atoms with Crippen LogP contribution in [0.5, 0.6) is 0 Å². The largest absolute Gasteiger partial charge is 0.334 e. The summed E-state index contributed by atoms with van der Waals surface area (Å²) >= 11 is 0. The van der Waals surface area contributed by atoms with Gasteiger partial charge in [0.15, 0.2) is 0 Å². The van der Waals surface area contributed by atoms with Crippen LogP contribution in [0.3, 0.4) is 0 Å². The lowest BCUT2D eigenvalue weighted by Crippen LogP contribution is -2.42. The highest BCUT2D eigenvalue weighted by molar-refractivity contribution is 7.89. The first-order valence-electron chi connectivity index (χ1n) is 10.1. The molecular formula is C20H26N4O4S. The number of aromatic nitrogens is 2. The molecule has 9 heteroatoms. The lowest BCUT2D eigenvalue weighted by Gasteiger charge is -2.32. The maximum atomic E-state index is 13.3. The van der Waals surface area contributed by atoms with Gasteiger partial charge < -0.3 is 9.42 Å². The van der Waals surface area contributed by atoms with E-state index in [-0.39, 0.29) is 28.6 Å². The zero-order chi connectivity index (χ0) is 20.6. The minimum atomic E-state index is -3.62. The van der Waals surface area contributed by atoms with Gasteiger partial charge in [-0.25, -0.2) is 8.42 Å². The van der Waals surface area contributed by atoms with Gasteiger partial charge in [0, 0.05) is 31.2 Å². The molecule has 1 aromatic heterocycles. The van der Waals surface area contributed by atoms with E-state index in [1.54, 1.807) is 34.3 Å². The van der Waals surface area contributed by atoms with Crippen LogP contribution in [0.25, 0.3) is 11.4 Å². The van der Waals surface area contributed by atoms with Crippen LogP contribution >= 0.6 is 0 Å². The van der Waals surface area contributed by atoms with Crippen molar-refractivity contribution in [3.63, 3.8) is 0 Å². The SMILES string of the molecule is Cc1ccc(-c2noc(C(=O)N3CCCC3)n2)cc1S(=O)(=O)N1CCCC[C@@H]1C. The molecule has 2 aliphatic rings. The van der Waals surface area contributed by atoms with Crippen molar-refractivity contribution in [2.45, 2.75) is 56.9 Å². The van der Waals surface area contributed by atoms with Crippen molar-refractivity contribution in [1.82, 2.24) is 19.3 Å². The van der Waals surface area contributed by atoms with E-state index in [4.69, 9.17) is 4.52 Å². The number of hydrogen-bond donors (Lipinski definition) is 0. The summed E-state index contributed by atoms with van der Waals surface area (Å²) in [5, 5.41) is 3.92. The van der Waals surface area contributed by atoms with Crippen LogP contribution in [0.2, 0.25) is 0 Å².